The summed E-state index contributed by atoms with van der Waals surface area (Å²) in [5, 5.41) is 8.33. The van der Waals surface area contributed by atoms with Crippen molar-refractivity contribution in [3.63, 3.8) is 0 Å². The van der Waals surface area contributed by atoms with Gasteiger partial charge in [-0.25, -0.2) is 4.98 Å². The number of nitrogens with zero attached hydrogens (tertiary/aromatic N) is 4. The van der Waals surface area contributed by atoms with Crippen molar-refractivity contribution in [2.75, 3.05) is 0 Å². The molecule has 3 rings (SSSR count). The van der Waals surface area contributed by atoms with Gasteiger partial charge in [-0.15, -0.1) is 0 Å². The summed E-state index contributed by atoms with van der Waals surface area (Å²) < 4.78 is 40.9. The molecular weight excluding hydrogens is 353 g/mol. The Morgan fingerprint density at radius 2 is 2.04 bits per heavy atom. The molecule has 1 aromatic carbocycles. The summed E-state index contributed by atoms with van der Waals surface area (Å²) in [4.78, 5) is 8.51. The van der Waals surface area contributed by atoms with Crippen molar-refractivity contribution in [3.8, 4) is 11.8 Å². The van der Waals surface area contributed by atoms with Gasteiger partial charge >= 0.3 is 6.18 Å². The number of halogens is 4. The van der Waals surface area contributed by atoms with Gasteiger partial charge in [0.05, 0.1) is 51.7 Å². The SMILES string of the molecule is CCc1nc2cc(C(F)(F)F)c(Cl)cc2n1-c1ccc(CC#N)nc1. The highest BCUT2D eigenvalue weighted by atomic mass is 35.5. The van der Waals surface area contributed by atoms with Gasteiger partial charge in [0.1, 0.15) is 5.82 Å². The largest absolute Gasteiger partial charge is 0.417 e. The third-order valence-corrected chi connectivity index (χ3v) is 4.07. The van der Waals surface area contributed by atoms with E-state index in [0.717, 1.165) is 6.07 Å². The van der Waals surface area contributed by atoms with Gasteiger partial charge < -0.3 is 0 Å². The minimum atomic E-state index is -4.54. The van der Waals surface area contributed by atoms with Gasteiger partial charge in [0.15, 0.2) is 0 Å². The fourth-order valence-corrected chi connectivity index (χ4v) is 2.89. The number of nitriles is 1. The van der Waals surface area contributed by atoms with Crippen LogP contribution >= 0.6 is 11.6 Å². The number of benzene rings is 1. The van der Waals surface area contributed by atoms with Gasteiger partial charge in [-0.05, 0) is 24.3 Å². The molecule has 0 bridgehead atoms. The Labute approximate surface area is 146 Å². The molecule has 0 aliphatic carbocycles. The first-order chi connectivity index (χ1) is 11.8. The predicted molar refractivity (Wildman–Crippen MR) is 87.6 cm³/mol. The molecule has 3 aromatic rings. The summed E-state index contributed by atoms with van der Waals surface area (Å²) >= 11 is 5.85. The standard InChI is InChI=1S/C17H12ClF3N4/c1-2-16-24-14-7-12(17(19,20)21)13(18)8-15(14)25(16)11-4-3-10(5-6-22)23-9-11/h3-4,7-9H,2,5H2,1H3. The van der Waals surface area contributed by atoms with Gasteiger partial charge in [0, 0.05) is 6.42 Å². The number of aryl methyl sites for hydroxylation is 1. The van der Waals surface area contributed by atoms with Crippen molar-refractivity contribution < 1.29 is 13.2 Å². The summed E-state index contributed by atoms with van der Waals surface area (Å²) in [6.07, 6.45) is -2.26. The first kappa shape index (κ1) is 17.2. The Balaban J connectivity index is 2.20. The summed E-state index contributed by atoms with van der Waals surface area (Å²) in [6.45, 7) is 1.86. The second-order valence-corrected chi connectivity index (χ2v) is 5.79. The molecule has 8 heteroatoms. The van der Waals surface area contributed by atoms with Crippen molar-refractivity contribution >= 4 is 22.6 Å². The quantitative estimate of drug-likeness (QED) is 0.675. The summed E-state index contributed by atoms with van der Waals surface area (Å²) in [5.74, 6) is 0.597. The average molecular weight is 365 g/mol. The zero-order valence-electron chi connectivity index (χ0n) is 13.1. The van der Waals surface area contributed by atoms with E-state index in [0.29, 0.717) is 29.1 Å². The molecule has 0 saturated heterocycles. The van der Waals surface area contributed by atoms with Gasteiger partial charge in [-0.2, -0.15) is 18.4 Å². The average Bonchev–Trinajstić information content (AvgIpc) is 2.92. The first-order valence-electron chi connectivity index (χ1n) is 7.45. The molecule has 0 atom stereocenters. The number of imidazole rings is 1. The van der Waals surface area contributed by atoms with E-state index in [1.165, 1.54) is 6.07 Å². The van der Waals surface area contributed by atoms with Crippen LogP contribution in [0.3, 0.4) is 0 Å². The Hall–Kier alpha value is -2.59. The van der Waals surface area contributed by atoms with Crippen molar-refractivity contribution in [2.45, 2.75) is 25.9 Å². The molecule has 0 aliphatic heterocycles. The van der Waals surface area contributed by atoms with E-state index in [2.05, 4.69) is 9.97 Å². The molecule has 0 unspecified atom stereocenters. The van der Waals surface area contributed by atoms with E-state index < -0.39 is 11.7 Å². The lowest BCUT2D eigenvalue weighted by molar-refractivity contribution is -0.137. The summed E-state index contributed by atoms with van der Waals surface area (Å²) in [7, 11) is 0. The van der Waals surface area contributed by atoms with Crippen LogP contribution in [0.1, 0.15) is 24.0 Å². The summed E-state index contributed by atoms with van der Waals surface area (Å²) in [5.41, 5.74) is 1.05. The smallest absolute Gasteiger partial charge is 0.295 e. The lowest BCUT2D eigenvalue weighted by atomic mass is 10.2. The maximum Gasteiger partial charge on any atom is 0.417 e. The zero-order chi connectivity index (χ0) is 18.2. The van der Waals surface area contributed by atoms with Gasteiger partial charge in [0.25, 0.3) is 0 Å². The van der Waals surface area contributed by atoms with E-state index in [-0.39, 0.29) is 17.0 Å². The lowest BCUT2D eigenvalue weighted by Crippen LogP contribution is -2.06. The van der Waals surface area contributed by atoms with E-state index in [1.807, 2.05) is 13.0 Å². The molecule has 0 saturated carbocycles. The second-order valence-electron chi connectivity index (χ2n) is 5.38. The number of fused-ring (bicyclic) bond motifs is 1. The Morgan fingerprint density at radius 1 is 1.28 bits per heavy atom. The second kappa shape index (κ2) is 6.37. The third-order valence-electron chi connectivity index (χ3n) is 3.76. The van der Waals surface area contributed by atoms with Crippen LogP contribution in [0.2, 0.25) is 5.02 Å². The molecule has 0 radical (unpaired) electrons. The molecule has 4 nitrogen and oxygen atoms in total. The van der Waals surface area contributed by atoms with Crippen LogP contribution in [-0.2, 0) is 19.0 Å². The normalized spacial score (nSPS) is 11.7. The van der Waals surface area contributed by atoms with E-state index >= 15 is 0 Å². The van der Waals surface area contributed by atoms with Crippen LogP contribution in [0.15, 0.2) is 30.5 Å². The minimum Gasteiger partial charge on any atom is -0.295 e. The molecule has 0 aliphatic rings. The molecule has 0 spiro atoms. The van der Waals surface area contributed by atoms with Crippen LogP contribution in [0.5, 0.6) is 0 Å². The number of pyridine rings is 1. The van der Waals surface area contributed by atoms with Crippen molar-refractivity contribution in [2.24, 2.45) is 0 Å². The fourth-order valence-electron chi connectivity index (χ4n) is 2.63. The first-order valence-corrected chi connectivity index (χ1v) is 7.83. The molecular formula is C17H12ClF3N4. The van der Waals surface area contributed by atoms with Crippen molar-refractivity contribution in [1.29, 1.82) is 5.26 Å². The molecule has 128 valence electrons. The Morgan fingerprint density at radius 3 is 2.60 bits per heavy atom. The van der Waals surface area contributed by atoms with Gasteiger partial charge in [-0.1, -0.05) is 18.5 Å². The monoisotopic (exact) mass is 364 g/mol. The highest BCUT2D eigenvalue weighted by Gasteiger charge is 2.34. The van der Waals surface area contributed by atoms with E-state index in [1.54, 1.807) is 22.9 Å². The number of alkyl halides is 3. The van der Waals surface area contributed by atoms with Crippen molar-refractivity contribution in [1.82, 2.24) is 14.5 Å². The van der Waals surface area contributed by atoms with Crippen LogP contribution in [-0.4, -0.2) is 14.5 Å². The van der Waals surface area contributed by atoms with Gasteiger partial charge in [0.2, 0.25) is 0 Å². The Kier molecular flexibility index (Phi) is 4.39. The molecule has 0 fully saturated rings. The zero-order valence-corrected chi connectivity index (χ0v) is 13.9. The fraction of sp³-hybridized carbons (Fsp3) is 0.235. The number of hydrogen-bond donors (Lipinski definition) is 0. The van der Waals surface area contributed by atoms with Crippen LogP contribution in [0.25, 0.3) is 16.7 Å². The van der Waals surface area contributed by atoms with Crippen LogP contribution in [0.4, 0.5) is 13.2 Å². The molecule has 25 heavy (non-hydrogen) atoms. The van der Waals surface area contributed by atoms with E-state index in [4.69, 9.17) is 16.9 Å². The predicted octanol–water partition coefficient (Wildman–Crippen LogP) is 4.72. The van der Waals surface area contributed by atoms with Gasteiger partial charge in [-0.3, -0.25) is 9.55 Å². The highest BCUT2D eigenvalue weighted by Crippen LogP contribution is 2.37. The number of rotatable bonds is 3. The molecule has 2 aromatic heterocycles. The Bertz CT molecular complexity index is 969. The maximum atomic E-state index is 13.1. The van der Waals surface area contributed by atoms with Crippen LogP contribution in [0, 0.1) is 11.3 Å². The van der Waals surface area contributed by atoms with Crippen molar-refractivity contribution in [3.05, 3.63) is 52.6 Å². The minimum absolute atomic E-state index is 0.187. The molecule has 0 N–H and O–H groups in total. The number of aromatic nitrogens is 3. The topological polar surface area (TPSA) is 54.5 Å². The van der Waals surface area contributed by atoms with Crippen LogP contribution < -0.4 is 0 Å². The highest BCUT2D eigenvalue weighted by molar-refractivity contribution is 6.32. The molecule has 2 heterocycles. The third kappa shape index (κ3) is 3.17. The maximum absolute atomic E-state index is 13.1. The molecule has 0 amide bonds. The summed E-state index contributed by atoms with van der Waals surface area (Å²) in [6, 6.07) is 7.71. The van der Waals surface area contributed by atoms with E-state index in [9.17, 15) is 13.2 Å². The lowest BCUT2D eigenvalue weighted by Gasteiger charge is -2.11. The number of hydrogen-bond acceptors (Lipinski definition) is 3.